The normalized spacial score (nSPS) is 11.9. The summed E-state index contributed by atoms with van der Waals surface area (Å²) in [6.07, 6.45) is 0.839. The standard InChI is InChI=1S/C16H24N2O3/c1-15(2,3)10-16(4,5)18-14(21)17-12-8-6-11(7-9-12)13(19)20/h6-9H,10H2,1-5H3,(H,19,20)(H2,17,18,21). The molecular formula is C16H24N2O3. The van der Waals surface area contributed by atoms with Crippen molar-refractivity contribution in [3.8, 4) is 0 Å². The fourth-order valence-electron chi connectivity index (χ4n) is 2.54. The summed E-state index contributed by atoms with van der Waals surface area (Å²) < 4.78 is 0. The largest absolute Gasteiger partial charge is 0.478 e. The monoisotopic (exact) mass is 292 g/mol. The SMILES string of the molecule is CC(C)(C)CC(C)(C)NC(=O)Nc1ccc(C(=O)O)cc1. The zero-order chi connectivity index (χ0) is 16.3. The lowest BCUT2D eigenvalue weighted by Crippen LogP contribution is -2.47. The maximum atomic E-state index is 12.0. The number of hydrogen-bond acceptors (Lipinski definition) is 2. The van der Waals surface area contributed by atoms with Gasteiger partial charge in [0.2, 0.25) is 0 Å². The Morgan fingerprint density at radius 3 is 2.00 bits per heavy atom. The van der Waals surface area contributed by atoms with Gasteiger partial charge in [-0.05, 0) is 49.9 Å². The maximum Gasteiger partial charge on any atom is 0.335 e. The van der Waals surface area contributed by atoms with Crippen molar-refractivity contribution in [3.63, 3.8) is 0 Å². The van der Waals surface area contributed by atoms with Crippen molar-refractivity contribution in [1.82, 2.24) is 5.32 Å². The van der Waals surface area contributed by atoms with Crippen LogP contribution in [-0.4, -0.2) is 22.6 Å². The van der Waals surface area contributed by atoms with Gasteiger partial charge in [-0.15, -0.1) is 0 Å². The van der Waals surface area contributed by atoms with E-state index in [0.29, 0.717) is 5.69 Å². The van der Waals surface area contributed by atoms with E-state index in [1.54, 1.807) is 12.1 Å². The highest BCUT2D eigenvalue weighted by Gasteiger charge is 2.26. The van der Waals surface area contributed by atoms with Gasteiger partial charge in [0.05, 0.1) is 5.56 Å². The van der Waals surface area contributed by atoms with Crippen LogP contribution >= 0.6 is 0 Å². The second-order valence-corrected chi connectivity index (χ2v) is 7.08. The van der Waals surface area contributed by atoms with Gasteiger partial charge in [-0.25, -0.2) is 9.59 Å². The van der Waals surface area contributed by atoms with Crippen LogP contribution in [-0.2, 0) is 0 Å². The molecule has 3 N–H and O–H groups in total. The molecule has 0 spiro atoms. The molecule has 5 heteroatoms. The highest BCUT2D eigenvalue weighted by atomic mass is 16.4. The molecule has 0 saturated carbocycles. The molecule has 116 valence electrons. The first-order valence-corrected chi connectivity index (χ1v) is 6.91. The lowest BCUT2D eigenvalue weighted by molar-refractivity contribution is 0.0697. The number of carbonyl (C=O) groups excluding carboxylic acids is 1. The van der Waals surface area contributed by atoms with E-state index in [1.165, 1.54) is 12.1 Å². The summed E-state index contributed by atoms with van der Waals surface area (Å²) in [6.45, 7) is 10.3. The Morgan fingerprint density at radius 2 is 1.57 bits per heavy atom. The highest BCUT2D eigenvalue weighted by molar-refractivity contribution is 5.91. The van der Waals surface area contributed by atoms with Gasteiger partial charge in [0.15, 0.2) is 0 Å². The summed E-state index contributed by atoms with van der Waals surface area (Å²) in [5.41, 5.74) is 0.529. The summed E-state index contributed by atoms with van der Waals surface area (Å²) in [7, 11) is 0. The number of anilines is 1. The summed E-state index contributed by atoms with van der Waals surface area (Å²) >= 11 is 0. The number of hydrogen-bond donors (Lipinski definition) is 3. The average Bonchev–Trinajstić information content (AvgIpc) is 2.24. The minimum absolute atomic E-state index is 0.111. The number of carbonyl (C=O) groups is 2. The van der Waals surface area contributed by atoms with Crippen molar-refractivity contribution in [3.05, 3.63) is 29.8 Å². The molecule has 5 nitrogen and oxygen atoms in total. The van der Waals surface area contributed by atoms with Gasteiger partial charge >= 0.3 is 12.0 Å². The van der Waals surface area contributed by atoms with Crippen molar-refractivity contribution in [1.29, 1.82) is 0 Å². The van der Waals surface area contributed by atoms with Crippen LogP contribution in [0.5, 0.6) is 0 Å². The van der Waals surface area contributed by atoms with Crippen LogP contribution in [0.1, 0.15) is 51.4 Å². The van der Waals surface area contributed by atoms with Crippen LogP contribution in [0.3, 0.4) is 0 Å². The van der Waals surface area contributed by atoms with E-state index in [1.807, 2.05) is 13.8 Å². The number of rotatable bonds is 4. The average molecular weight is 292 g/mol. The molecule has 1 aromatic carbocycles. The number of aromatic carboxylic acids is 1. The first kappa shape index (κ1) is 17.0. The summed E-state index contributed by atoms with van der Waals surface area (Å²) in [4.78, 5) is 22.7. The Bertz CT molecular complexity index is 513. The number of nitrogens with one attached hydrogen (secondary N) is 2. The van der Waals surface area contributed by atoms with E-state index >= 15 is 0 Å². The van der Waals surface area contributed by atoms with Crippen molar-refractivity contribution in [2.24, 2.45) is 5.41 Å². The number of amides is 2. The summed E-state index contributed by atoms with van der Waals surface area (Å²) in [6, 6.07) is 5.75. The van der Waals surface area contributed by atoms with Gasteiger partial charge in [0, 0.05) is 11.2 Å². The van der Waals surface area contributed by atoms with Crippen LogP contribution in [0.15, 0.2) is 24.3 Å². The van der Waals surface area contributed by atoms with Crippen molar-refractivity contribution >= 4 is 17.7 Å². The predicted octanol–water partition coefficient (Wildman–Crippen LogP) is 3.72. The number of carboxylic acids is 1. The third-order valence-electron chi connectivity index (χ3n) is 2.81. The third kappa shape index (κ3) is 6.29. The number of benzene rings is 1. The Kier molecular flexibility index (Phi) is 4.99. The molecule has 0 fully saturated rings. The van der Waals surface area contributed by atoms with E-state index in [9.17, 15) is 9.59 Å². The van der Waals surface area contributed by atoms with E-state index in [2.05, 4.69) is 31.4 Å². The smallest absolute Gasteiger partial charge is 0.335 e. The Hall–Kier alpha value is -2.04. The highest BCUT2D eigenvalue weighted by Crippen LogP contribution is 2.26. The molecule has 0 aliphatic rings. The van der Waals surface area contributed by atoms with Crippen molar-refractivity contribution in [2.45, 2.75) is 46.6 Å². The number of urea groups is 1. The zero-order valence-electron chi connectivity index (χ0n) is 13.3. The van der Waals surface area contributed by atoms with Crippen LogP contribution < -0.4 is 10.6 Å². The molecule has 2 amide bonds. The van der Waals surface area contributed by atoms with Gasteiger partial charge in [0.25, 0.3) is 0 Å². The molecule has 0 heterocycles. The maximum absolute atomic E-state index is 12.0. The fourth-order valence-corrected chi connectivity index (χ4v) is 2.54. The predicted molar refractivity (Wildman–Crippen MR) is 83.7 cm³/mol. The summed E-state index contributed by atoms with van der Waals surface area (Å²) in [5, 5.41) is 14.5. The minimum Gasteiger partial charge on any atom is -0.478 e. The van der Waals surface area contributed by atoms with Gasteiger partial charge in [-0.2, -0.15) is 0 Å². The van der Waals surface area contributed by atoms with E-state index in [-0.39, 0.29) is 22.5 Å². The van der Waals surface area contributed by atoms with Gasteiger partial charge in [-0.3, -0.25) is 0 Å². The van der Waals surface area contributed by atoms with Crippen LogP contribution in [0.2, 0.25) is 0 Å². The molecule has 1 rings (SSSR count). The molecule has 0 bridgehead atoms. The van der Waals surface area contributed by atoms with Gasteiger partial charge in [-0.1, -0.05) is 20.8 Å². The second kappa shape index (κ2) is 6.16. The lowest BCUT2D eigenvalue weighted by Gasteiger charge is -2.33. The van der Waals surface area contributed by atoms with Crippen molar-refractivity contribution in [2.75, 3.05) is 5.32 Å². The first-order valence-electron chi connectivity index (χ1n) is 6.91. The molecular weight excluding hydrogens is 268 g/mol. The van der Waals surface area contributed by atoms with Crippen molar-refractivity contribution < 1.29 is 14.7 Å². The first-order chi connectivity index (χ1) is 9.48. The van der Waals surface area contributed by atoms with Gasteiger partial charge < -0.3 is 15.7 Å². The Balaban J connectivity index is 2.63. The molecule has 0 unspecified atom stereocenters. The minimum atomic E-state index is -0.989. The van der Waals surface area contributed by atoms with Crippen LogP contribution in [0, 0.1) is 5.41 Å². The molecule has 0 saturated heterocycles. The molecule has 0 aliphatic carbocycles. The van der Waals surface area contributed by atoms with E-state index in [4.69, 9.17) is 5.11 Å². The Labute approximate surface area is 125 Å². The second-order valence-electron chi connectivity index (χ2n) is 7.08. The molecule has 0 atom stereocenters. The Morgan fingerprint density at radius 1 is 1.05 bits per heavy atom. The van der Waals surface area contributed by atoms with Crippen LogP contribution in [0.25, 0.3) is 0 Å². The third-order valence-corrected chi connectivity index (χ3v) is 2.81. The molecule has 0 radical (unpaired) electrons. The van der Waals surface area contributed by atoms with Gasteiger partial charge in [0.1, 0.15) is 0 Å². The lowest BCUT2D eigenvalue weighted by atomic mass is 9.82. The molecule has 21 heavy (non-hydrogen) atoms. The molecule has 0 aliphatic heterocycles. The van der Waals surface area contributed by atoms with Crippen LogP contribution in [0.4, 0.5) is 10.5 Å². The molecule has 0 aromatic heterocycles. The van der Waals surface area contributed by atoms with E-state index in [0.717, 1.165) is 6.42 Å². The topological polar surface area (TPSA) is 78.4 Å². The molecule has 1 aromatic rings. The zero-order valence-corrected chi connectivity index (χ0v) is 13.3. The quantitative estimate of drug-likeness (QED) is 0.791. The van der Waals surface area contributed by atoms with E-state index < -0.39 is 5.97 Å². The fraction of sp³-hybridized carbons (Fsp3) is 0.500. The summed E-state index contributed by atoms with van der Waals surface area (Å²) in [5.74, 6) is -0.989. The number of carboxylic acid groups (broad SMARTS) is 1.